The van der Waals surface area contributed by atoms with Crippen LogP contribution in [0.4, 0.5) is 0 Å². The molecule has 0 atom stereocenters. The van der Waals surface area contributed by atoms with Crippen LogP contribution in [0.3, 0.4) is 0 Å². The molecule has 0 unspecified atom stereocenters. The fraction of sp³-hybridized carbons (Fsp3) is 0.133. The number of carbonyl (C=O) groups is 1. The summed E-state index contributed by atoms with van der Waals surface area (Å²) in [6.07, 6.45) is 2.89. The van der Waals surface area contributed by atoms with Gasteiger partial charge in [-0.15, -0.1) is 0 Å². The lowest BCUT2D eigenvalue weighted by atomic mass is 10.0. The predicted molar refractivity (Wildman–Crippen MR) is 65.7 cm³/mol. The summed E-state index contributed by atoms with van der Waals surface area (Å²) in [6.45, 7) is 0. The molecular formula is C15H14O. The van der Waals surface area contributed by atoms with Crippen LogP contribution in [0.5, 0.6) is 0 Å². The van der Waals surface area contributed by atoms with Gasteiger partial charge in [-0.25, -0.2) is 0 Å². The fourth-order valence-corrected chi connectivity index (χ4v) is 1.76. The molecule has 0 radical (unpaired) electrons. The Morgan fingerprint density at radius 1 is 0.812 bits per heavy atom. The Hall–Kier alpha value is -1.89. The Bertz CT molecular complexity index is 460. The van der Waals surface area contributed by atoms with E-state index in [0.29, 0.717) is 0 Å². The summed E-state index contributed by atoms with van der Waals surface area (Å²) in [6, 6.07) is 18.2. The van der Waals surface area contributed by atoms with Crippen LogP contribution in [0.1, 0.15) is 21.5 Å². The van der Waals surface area contributed by atoms with E-state index in [1.165, 1.54) is 11.1 Å². The van der Waals surface area contributed by atoms with E-state index in [-0.39, 0.29) is 0 Å². The molecule has 0 aromatic heterocycles. The van der Waals surface area contributed by atoms with Crippen molar-refractivity contribution in [3.05, 3.63) is 71.3 Å². The van der Waals surface area contributed by atoms with Crippen LogP contribution in [-0.4, -0.2) is 6.29 Å². The van der Waals surface area contributed by atoms with Crippen molar-refractivity contribution in [1.29, 1.82) is 0 Å². The summed E-state index contributed by atoms with van der Waals surface area (Å²) in [4.78, 5) is 10.6. The minimum atomic E-state index is 0.755. The molecule has 0 bridgehead atoms. The molecule has 0 saturated heterocycles. The third-order valence-corrected chi connectivity index (χ3v) is 2.63. The minimum absolute atomic E-state index is 0.755. The maximum Gasteiger partial charge on any atom is 0.150 e. The normalized spacial score (nSPS) is 10.0. The molecule has 0 aliphatic carbocycles. The minimum Gasteiger partial charge on any atom is -0.298 e. The summed E-state index contributed by atoms with van der Waals surface area (Å²) in [7, 11) is 0. The van der Waals surface area contributed by atoms with Crippen molar-refractivity contribution in [2.24, 2.45) is 0 Å². The molecule has 0 spiro atoms. The van der Waals surface area contributed by atoms with Crippen LogP contribution in [0, 0.1) is 0 Å². The number of aryl methyl sites for hydroxylation is 2. The molecule has 0 aliphatic rings. The molecule has 2 rings (SSSR count). The number of benzene rings is 2. The Kier molecular flexibility index (Phi) is 3.50. The van der Waals surface area contributed by atoms with Crippen molar-refractivity contribution in [3.8, 4) is 0 Å². The van der Waals surface area contributed by atoms with E-state index >= 15 is 0 Å². The van der Waals surface area contributed by atoms with E-state index in [9.17, 15) is 4.79 Å². The average Bonchev–Trinajstić information content (AvgIpc) is 2.38. The molecule has 80 valence electrons. The van der Waals surface area contributed by atoms with E-state index in [1.807, 2.05) is 24.3 Å². The second-order valence-corrected chi connectivity index (χ2v) is 3.85. The first-order valence-electron chi connectivity index (χ1n) is 5.46. The zero-order valence-corrected chi connectivity index (χ0v) is 9.10. The standard InChI is InChI=1S/C15H14O/c16-12-15-8-4-7-14(11-15)10-9-13-5-2-1-3-6-13/h1-8,11-12H,9-10H2. The summed E-state index contributed by atoms with van der Waals surface area (Å²) in [5.74, 6) is 0. The molecule has 0 saturated carbocycles. The van der Waals surface area contributed by atoms with Crippen molar-refractivity contribution in [2.75, 3.05) is 0 Å². The Balaban J connectivity index is 2.02. The molecule has 0 heterocycles. The third kappa shape index (κ3) is 2.80. The number of aldehydes is 1. The highest BCUT2D eigenvalue weighted by Crippen LogP contribution is 2.08. The smallest absolute Gasteiger partial charge is 0.150 e. The highest BCUT2D eigenvalue weighted by molar-refractivity contribution is 5.74. The maximum atomic E-state index is 10.6. The number of hydrogen-bond acceptors (Lipinski definition) is 1. The zero-order valence-electron chi connectivity index (χ0n) is 9.10. The summed E-state index contributed by atoms with van der Waals surface area (Å²) in [5.41, 5.74) is 3.30. The van der Waals surface area contributed by atoms with Gasteiger partial charge in [-0.1, -0.05) is 48.5 Å². The molecule has 16 heavy (non-hydrogen) atoms. The van der Waals surface area contributed by atoms with Gasteiger partial charge in [-0.3, -0.25) is 4.79 Å². The van der Waals surface area contributed by atoms with E-state index in [4.69, 9.17) is 0 Å². The maximum absolute atomic E-state index is 10.6. The van der Waals surface area contributed by atoms with Gasteiger partial charge in [0.1, 0.15) is 6.29 Å². The second kappa shape index (κ2) is 5.26. The summed E-state index contributed by atoms with van der Waals surface area (Å²) >= 11 is 0. The van der Waals surface area contributed by atoms with Crippen molar-refractivity contribution >= 4 is 6.29 Å². The van der Waals surface area contributed by atoms with E-state index in [0.717, 1.165) is 24.7 Å². The van der Waals surface area contributed by atoms with Crippen LogP contribution in [0.25, 0.3) is 0 Å². The van der Waals surface area contributed by atoms with Crippen molar-refractivity contribution < 1.29 is 4.79 Å². The lowest BCUT2D eigenvalue weighted by Crippen LogP contribution is -1.92. The molecule has 1 nitrogen and oxygen atoms in total. The molecular weight excluding hydrogens is 196 g/mol. The van der Waals surface area contributed by atoms with Crippen LogP contribution in [-0.2, 0) is 12.8 Å². The van der Waals surface area contributed by atoms with Gasteiger partial charge in [-0.05, 0) is 30.0 Å². The quantitative estimate of drug-likeness (QED) is 0.708. The SMILES string of the molecule is O=Cc1cccc(CCc2ccccc2)c1. The Morgan fingerprint density at radius 2 is 1.50 bits per heavy atom. The van der Waals surface area contributed by atoms with Crippen LogP contribution in [0.2, 0.25) is 0 Å². The average molecular weight is 210 g/mol. The third-order valence-electron chi connectivity index (χ3n) is 2.63. The lowest BCUT2D eigenvalue weighted by molar-refractivity contribution is 0.112. The molecule has 2 aromatic rings. The van der Waals surface area contributed by atoms with Gasteiger partial charge in [0.2, 0.25) is 0 Å². The zero-order chi connectivity index (χ0) is 11.2. The molecule has 0 aliphatic heterocycles. The Morgan fingerprint density at radius 3 is 2.25 bits per heavy atom. The largest absolute Gasteiger partial charge is 0.298 e. The number of carbonyl (C=O) groups excluding carboxylic acids is 1. The predicted octanol–water partition coefficient (Wildman–Crippen LogP) is 3.28. The first-order chi connectivity index (χ1) is 7.88. The first kappa shape index (κ1) is 10.6. The molecule has 0 N–H and O–H groups in total. The summed E-state index contributed by atoms with van der Waals surface area (Å²) in [5, 5.41) is 0. The van der Waals surface area contributed by atoms with Crippen molar-refractivity contribution in [2.45, 2.75) is 12.8 Å². The van der Waals surface area contributed by atoms with Gasteiger partial charge in [0.15, 0.2) is 0 Å². The molecule has 0 fully saturated rings. The van der Waals surface area contributed by atoms with Gasteiger partial charge in [-0.2, -0.15) is 0 Å². The van der Waals surface area contributed by atoms with Gasteiger partial charge < -0.3 is 0 Å². The number of rotatable bonds is 4. The molecule has 2 aromatic carbocycles. The highest BCUT2D eigenvalue weighted by atomic mass is 16.1. The molecule has 1 heteroatoms. The monoisotopic (exact) mass is 210 g/mol. The van der Waals surface area contributed by atoms with Crippen LogP contribution in [0.15, 0.2) is 54.6 Å². The highest BCUT2D eigenvalue weighted by Gasteiger charge is 1.96. The van der Waals surface area contributed by atoms with Crippen LogP contribution >= 0.6 is 0 Å². The van der Waals surface area contributed by atoms with Gasteiger partial charge in [0, 0.05) is 5.56 Å². The van der Waals surface area contributed by atoms with Crippen molar-refractivity contribution in [1.82, 2.24) is 0 Å². The Labute approximate surface area is 95.7 Å². The van der Waals surface area contributed by atoms with E-state index in [1.54, 1.807) is 0 Å². The van der Waals surface area contributed by atoms with E-state index in [2.05, 4.69) is 30.3 Å². The summed E-state index contributed by atoms with van der Waals surface area (Å²) < 4.78 is 0. The topological polar surface area (TPSA) is 17.1 Å². The van der Waals surface area contributed by atoms with Gasteiger partial charge in [0.25, 0.3) is 0 Å². The van der Waals surface area contributed by atoms with Gasteiger partial charge >= 0.3 is 0 Å². The first-order valence-corrected chi connectivity index (χ1v) is 5.46. The van der Waals surface area contributed by atoms with Gasteiger partial charge in [0.05, 0.1) is 0 Å². The lowest BCUT2D eigenvalue weighted by Gasteiger charge is -2.02. The fourth-order valence-electron chi connectivity index (χ4n) is 1.76. The second-order valence-electron chi connectivity index (χ2n) is 3.85. The van der Waals surface area contributed by atoms with Crippen LogP contribution < -0.4 is 0 Å². The van der Waals surface area contributed by atoms with Crippen molar-refractivity contribution in [3.63, 3.8) is 0 Å². The molecule has 0 amide bonds. The number of hydrogen-bond donors (Lipinski definition) is 0. The van der Waals surface area contributed by atoms with E-state index < -0.39 is 0 Å².